The fourth-order valence-electron chi connectivity index (χ4n) is 3.98. The van der Waals surface area contributed by atoms with E-state index in [4.69, 9.17) is 0 Å². The van der Waals surface area contributed by atoms with Crippen LogP contribution in [0.2, 0.25) is 0 Å². The molecule has 2 aliphatic rings. The molecule has 0 aromatic rings. The van der Waals surface area contributed by atoms with E-state index in [0.717, 1.165) is 19.3 Å². The van der Waals surface area contributed by atoms with Crippen molar-refractivity contribution >= 4 is 5.78 Å². The van der Waals surface area contributed by atoms with Crippen molar-refractivity contribution in [3.8, 4) is 0 Å². The van der Waals surface area contributed by atoms with Crippen LogP contribution in [0.4, 0.5) is 0 Å². The molecule has 1 N–H and O–H groups in total. The largest absolute Gasteiger partial charge is 0.390 e. The summed E-state index contributed by atoms with van der Waals surface area (Å²) in [5.74, 6) is 2.83. The Morgan fingerprint density at radius 2 is 1.90 bits per heavy atom. The van der Waals surface area contributed by atoms with Crippen molar-refractivity contribution < 1.29 is 9.90 Å². The van der Waals surface area contributed by atoms with Gasteiger partial charge in [-0.05, 0) is 57.3 Å². The molecular formula is C18H30O2. The van der Waals surface area contributed by atoms with Crippen molar-refractivity contribution in [2.75, 3.05) is 0 Å². The van der Waals surface area contributed by atoms with Crippen LogP contribution in [0, 0.1) is 29.6 Å². The van der Waals surface area contributed by atoms with Crippen LogP contribution < -0.4 is 0 Å². The zero-order valence-corrected chi connectivity index (χ0v) is 13.4. The SMILES string of the molecule is C[C@@H](C=C[C@H](C)C(C)(C)O)C1CC[C@H]2C(=O)CCC[C@H]12. The number of rotatable bonds is 4. The third kappa shape index (κ3) is 3.33. The number of Topliss-reactive ketones (excluding diaryl/α,β-unsaturated/α-hetero) is 1. The van der Waals surface area contributed by atoms with Crippen LogP contribution in [0.5, 0.6) is 0 Å². The number of hydrogen-bond donors (Lipinski definition) is 1. The minimum atomic E-state index is -0.658. The molecule has 0 aliphatic heterocycles. The molecule has 0 aromatic heterocycles. The van der Waals surface area contributed by atoms with Gasteiger partial charge in [0.05, 0.1) is 5.60 Å². The number of aliphatic hydroxyl groups is 1. The van der Waals surface area contributed by atoms with Crippen molar-refractivity contribution in [3.63, 3.8) is 0 Å². The topological polar surface area (TPSA) is 37.3 Å². The number of carbonyl (C=O) groups excluding carboxylic acids is 1. The average Bonchev–Trinajstić information content (AvgIpc) is 2.79. The lowest BCUT2D eigenvalue weighted by atomic mass is 9.73. The van der Waals surface area contributed by atoms with Gasteiger partial charge in [0.1, 0.15) is 5.78 Å². The van der Waals surface area contributed by atoms with Crippen LogP contribution in [-0.2, 0) is 4.79 Å². The molecule has 0 bridgehead atoms. The summed E-state index contributed by atoms with van der Waals surface area (Å²) in [5.41, 5.74) is -0.658. The highest BCUT2D eigenvalue weighted by molar-refractivity contribution is 5.82. The van der Waals surface area contributed by atoms with Crippen LogP contribution in [0.25, 0.3) is 0 Å². The smallest absolute Gasteiger partial charge is 0.136 e. The molecule has 2 saturated carbocycles. The summed E-state index contributed by atoms with van der Waals surface area (Å²) in [6.07, 6.45) is 9.87. The van der Waals surface area contributed by atoms with Gasteiger partial charge in [-0.1, -0.05) is 26.0 Å². The number of allylic oxidation sites excluding steroid dienone is 1. The second-order valence-electron chi connectivity index (χ2n) is 7.56. The summed E-state index contributed by atoms with van der Waals surface area (Å²) < 4.78 is 0. The number of carbonyl (C=O) groups is 1. The van der Waals surface area contributed by atoms with Gasteiger partial charge in [0, 0.05) is 18.3 Å². The van der Waals surface area contributed by atoms with Crippen molar-refractivity contribution in [3.05, 3.63) is 12.2 Å². The Balaban J connectivity index is 1.98. The fraction of sp³-hybridized carbons (Fsp3) is 0.833. The molecule has 20 heavy (non-hydrogen) atoms. The first-order valence-corrected chi connectivity index (χ1v) is 8.24. The van der Waals surface area contributed by atoms with Gasteiger partial charge in [0.15, 0.2) is 0 Å². The van der Waals surface area contributed by atoms with Gasteiger partial charge >= 0.3 is 0 Å². The minimum Gasteiger partial charge on any atom is -0.390 e. The third-order valence-electron chi connectivity index (χ3n) is 5.74. The van der Waals surface area contributed by atoms with Crippen LogP contribution >= 0.6 is 0 Å². The molecule has 1 unspecified atom stereocenters. The second kappa shape index (κ2) is 6.01. The summed E-state index contributed by atoms with van der Waals surface area (Å²) in [7, 11) is 0. The van der Waals surface area contributed by atoms with E-state index < -0.39 is 5.60 Å². The van der Waals surface area contributed by atoms with E-state index in [-0.39, 0.29) is 5.92 Å². The summed E-state index contributed by atoms with van der Waals surface area (Å²) in [6.45, 7) is 8.06. The summed E-state index contributed by atoms with van der Waals surface area (Å²) in [5, 5.41) is 9.99. The Hall–Kier alpha value is -0.630. The molecule has 0 radical (unpaired) electrons. The van der Waals surface area contributed by atoms with Gasteiger partial charge in [-0.15, -0.1) is 0 Å². The second-order valence-corrected chi connectivity index (χ2v) is 7.56. The molecule has 2 aliphatic carbocycles. The molecule has 114 valence electrons. The third-order valence-corrected chi connectivity index (χ3v) is 5.74. The maximum absolute atomic E-state index is 12.0. The van der Waals surface area contributed by atoms with Gasteiger partial charge in [-0.2, -0.15) is 0 Å². The highest BCUT2D eigenvalue weighted by Crippen LogP contribution is 2.47. The molecule has 5 atom stereocenters. The summed E-state index contributed by atoms with van der Waals surface area (Å²) >= 11 is 0. The molecule has 0 aromatic carbocycles. The van der Waals surface area contributed by atoms with E-state index in [1.165, 1.54) is 12.8 Å². The number of hydrogen-bond acceptors (Lipinski definition) is 2. The maximum atomic E-state index is 12.0. The summed E-state index contributed by atoms with van der Waals surface area (Å²) in [4.78, 5) is 12.0. The average molecular weight is 278 g/mol. The van der Waals surface area contributed by atoms with Crippen molar-refractivity contribution in [1.29, 1.82) is 0 Å². The van der Waals surface area contributed by atoms with Gasteiger partial charge in [-0.25, -0.2) is 0 Å². The fourth-order valence-corrected chi connectivity index (χ4v) is 3.98. The number of fused-ring (bicyclic) bond motifs is 1. The Morgan fingerprint density at radius 1 is 1.20 bits per heavy atom. The first-order chi connectivity index (χ1) is 9.30. The lowest BCUT2D eigenvalue weighted by molar-refractivity contribution is -0.126. The monoisotopic (exact) mass is 278 g/mol. The number of ketones is 1. The minimum absolute atomic E-state index is 0.162. The van der Waals surface area contributed by atoms with Crippen molar-refractivity contribution in [2.24, 2.45) is 29.6 Å². The van der Waals surface area contributed by atoms with E-state index in [1.807, 2.05) is 13.8 Å². The quantitative estimate of drug-likeness (QED) is 0.790. The molecule has 0 saturated heterocycles. The Bertz CT molecular complexity index is 377. The van der Waals surface area contributed by atoms with E-state index in [2.05, 4.69) is 26.0 Å². The summed E-state index contributed by atoms with van der Waals surface area (Å²) in [6, 6.07) is 0. The van der Waals surface area contributed by atoms with Crippen LogP contribution in [0.3, 0.4) is 0 Å². The van der Waals surface area contributed by atoms with Gasteiger partial charge in [-0.3, -0.25) is 4.79 Å². The Morgan fingerprint density at radius 3 is 2.55 bits per heavy atom. The zero-order valence-electron chi connectivity index (χ0n) is 13.4. The molecule has 0 spiro atoms. The van der Waals surface area contributed by atoms with Crippen molar-refractivity contribution in [1.82, 2.24) is 0 Å². The highest BCUT2D eigenvalue weighted by Gasteiger charge is 2.43. The molecule has 2 nitrogen and oxygen atoms in total. The van der Waals surface area contributed by atoms with Crippen LogP contribution in [0.15, 0.2) is 12.2 Å². The van der Waals surface area contributed by atoms with Gasteiger partial charge < -0.3 is 5.11 Å². The molecule has 2 heteroatoms. The molecule has 2 fully saturated rings. The lowest BCUT2D eigenvalue weighted by Gasteiger charge is -2.31. The van der Waals surface area contributed by atoms with Crippen LogP contribution in [0.1, 0.15) is 59.8 Å². The first-order valence-electron chi connectivity index (χ1n) is 8.24. The maximum Gasteiger partial charge on any atom is 0.136 e. The van der Waals surface area contributed by atoms with E-state index >= 15 is 0 Å². The molecular weight excluding hydrogens is 248 g/mol. The molecule has 2 rings (SSSR count). The van der Waals surface area contributed by atoms with E-state index in [1.54, 1.807) is 0 Å². The lowest BCUT2D eigenvalue weighted by Crippen LogP contribution is -2.29. The predicted molar refractivity (Wildman–Crippen MR) is 82.3 cm³/mol. The van der Waals surface area contributed by atoms with Gasteiger partial charge in [0.25, 0.3) is 0 Å². The van der Waals surface area contributed by atoms with Crippen LogP contribution in [-0.4, -0.2) is 16.5 Å². The normalized spacial score (nSPS) is 34.2. The Labute approximate surface area is 123 Å². The first kappa shape index (κ1) is 15.8. The van der Waals surface area contributed by atoms with Crippen molar-refractivity contribution in [2.45, 2.75) is 65.4 Å². The molecule has 0 amide bonds. The standard InChI is InChI=1S/C18H30O2/c1-12(8-9-13(2)18(3,4)20)14-10-11-16-15(14)6-5-7-17(16)19/h8-9,12-16,20H,5-7,10-11H2,1-4H3/t12-,13-,14?,15+,16+/m0/s1. The predicted octanol–water partition coefficient (Wildman–Crippen LogP) is 3.98. The highest BCUT2D eigenvalue weighted by atomic mass is 16.3. The Kier molecular flexibility index (Phi) is 4.73. The zero-order chi connectivity index (χ0) is 14.9. The van der Waals surface area contributed by atoms with Gasteiger partial charge in [0.2, 0.25) is 0 Å². The van der Waals surface area contributed by atoms with E-state index in [9.17, 15) is 9.90 Å². The van der Waals surface area contributed by atoms with E-state index in [0.29, 0.717) is 29.5 Å². The molecule has 0 heterocycles.